The second kappa shape index (κ2) is 6.56. The topological polar surface area (TPSA) is 103 Å². The molecule has 0 aliphatic heterocycles. The Morgan fingerprint density at radius 2 is 2.07 bits per heavy atom. The molecule has 80 valence electrons. The lowest BCUT2D eigenvalue weighted by Crippen LogP contribution is -2.32. The lowest BCUT2D eigenvalue weighted by Gasteiger charge is -2.10. The molecule has 0 bridgehead atoms. The van der Waals surface area contributed by atoms with Gasteiger partial charge in [-0.2, -0.15) is 0 Å². The van der Waals surface area contributed by atoms with Gasteiger partial charge in [-0.25, -0.2) is 0 Å². The van der Waals surface area contributed by atoms with Crippen LogP contribution in [-0.2, 0) is 14.4 Å². The van der Waals surface area contributed by atoms with Crippen molar-refractivity contribution in [1.29, 1.82) is 0 Å². The van der Waals surface area contributed by atoms with Gasteiger partial charge in [0.2, 0.25) is 5.91 Å². The maximum atomic E-state index is 10.7. The molecule has 0 aromatic rings. The number of thioether (sulfide) groups is 1. The molecule has 0 saturated carbocycles. The number of hydrogen-bond acceptors (Lipinski definition) is 5. The number of carbonyl (C=O) groups is 3. The van der Waals surface area contributed by atoms with Crippen molar-refractivity contribution in [3.63, 3.8) is 0 Å². The van der Waals surface area contributed by atoms with Crippen LogP contribution in [0.1, 0.15) is 13.3 Å². The van der Waals surface area contributed by atoms with Crippen LogP contribution < -0.4 is 11.5 Å². The zero-order valence-electron chi connectivity index (χ0n) is 7.93. The quantitative estimate of drug-likeness (QED) is 0.538. The van der Waals surface area contributed by atoms with E-state index in [9.17, 15) is 14.4 Å². The molecule has 0 radical (unpaired) electrons. The van der Waals surface area contributed by atoms with Gasteiger partial charge in [0.15, 0.2) is 0 Å². The number of ketones is 1. The third kappa shape index (κ3) is 5.71. The van der Waals surface area contributed by atoms with Crippen molar-refractivity contribution >= 4 is 29.7 Å². The van der Waals surface area contributed by atoms with Crippen molar-refractivity contribution in [2.45, 2.75) is 24.6 Å². The number of nitrogens with two attached hydrogens (primary N) is 2. The monoisotopic (exact) mass is 218 g/mol. The van der Waals surface area contributed by atoms with Gasteiger partial charge in [-0.05, 0) is 6.92 Å². The van der Waals surface area contributed by atoms with Crippen LogP contribution in [0.4, 0.5) is 0 Å². The molecule has 4 N–H and O–H groups in total. The van der Waals surface area contributed by atoms with E-state index < -0.39 is 17.2 Å². The molecule has 2 atom stereocenters. The molecule has 0 aliphatic rings. The first-order valence-electron chi connectivity index (χ1n) is 4.08. The Labute approximate surface area is 86.6 Å². The van der Waals surface area contributed by atoms with Crippen molar-refractivity contribution in [3.05, 3.63) is 0 Å². The third-order valence-corrected chi connectivity index (χ3v) is 2.82. The first kappa shape index (κ1) is 13.1. The molecule has 6 heteroatoms. The van der Waals surface area contributed by atoms with Gasteiger partial charge in [-0.3, -0.25) is 9.59 Å². The Morgan fingerprint density at radius 3 is 2.43 bits per heavy atom. The summed E-state index contributed by atoms with van der Waals surface area (Å²) in [6, 6.07) is -0.588. The minimum absolute atomic E-state index is 0.0151. The zero-order valence-corrected chi connectivity index (χ0v) is 8.75. The van der Waals surface area contributed by atoms with E-state index in [1.54, 1.807) is 0 Å². The minimum atomic E-state index is -0.588. The van der Waals surface area contributed by atoms with Crippen LogP contribution in [0.3, 0.4) is 0 Å². The lowest BCUT2D eigenvalue weighted by molar-refractivity contribution is -0.119. The van der Waals surface area contributed by atoms with Crippen LogP contribution in [0, 0.1) is 0 Å². The molecule has 0 spiro atoms. The Hall–Kier alpha value is -0.880. The van der Waals surface area contributed by atoms with Crippen molar-refractivity contribution in [1.82, 2.24) is 0 Å². The normalized spacial score (nSPS) is 14.4. The fourth-order valence-electron chi connectivity index (χ4n) is 0.689. The van der Waals surface area contributed by atoms with E-state index in [1.165, 1.54) is 18.7 Å². The SMILES string of the molecule is CC(=O)C(N)CSC(C=O)CC(N)=O. The Balaban J connectivity index is 3.89. The van der Waals surface area contributed by atoms with E-state index in [4.69, 9.17) is 11.5 Å². The highest BCUT2D eigenvalue weighted by atomic mass is 32.2. The van der Waals surface area contributed by atoms with Gasteiger partial charge in [0, 0.05) is 12.2 Å². The van der Waals surface area contributed by atoms with Gasteiger partial charge >= 0.3 is 0 Å². The molecular weight excluding hydrogens is 204 g/mol. The summed E-state index contributed by atoms with van der Waals surface area (Å²) in [7, 11) is 0. The summed E-state index contributed by atoms with van der Waals surface area (Å²) in [4.78, 5) is 31.7. The molecular formula is C8H14N2O3S. The van der Waals surface area contributed by atoms with E-state index in [1.807, 2.05) is 0 Å². The summed E-state index contributed by atoms with van der Waals surface area (Å²) >= 11 is 1.17. The predicted molar refractivity (Wildman–Crippen MR) is 54.8 cm³/mol. The number of carbonyl (C=O) groups excluding carboxylic acids is 3. The van der Waals surface area contributed by atoms with Gasteiger partial charge in [-0.1, -0.05) is 0 Å². The number of hydrogen-bond donors (Lipinski definition) is 2. The van der Waals surface area contributed by atoms with E-state index in [0.717, 1.165) is 0 Å². The maximum Gasteiger partial charge on any atom is 0.218 e. The number of amides is 1. The van der Waals surface area contributed by atoms with Crippen molar-refractivity contribution in [2.75, 3.05) is 5.75 Å². The summed E-state index contributed by atoms with van der Waals surface area (Å²) in [5, 5.41) is -0.502. The highest BCUT2D eigenvalue weighted by Crippen LogP contribution is 2.13. The van der Waals surface area contributed by atoms with Crippen molar-refractivity contribution < 1.29 is 14.4 Å². The van der Waals surface area contributed by atoms with Crippen LogP contribution in [0.15, 0.2) is 0 Å². The molecule has 0 aliphatic carbocycles. The number of rotatable bonds is 7. The van der Waals surface area contributed by atoms with E-state index in [2.05, 4.69) is 0 Å². The Bertz CT molecular complexity index is 233. The Kier molecular flexibility index (Phi) is 6.14. The molecule has 0 aromatic carbocycles. The smallest absolute Gasteiger partial charge is 0.218 e. The summed E-state index contributed by atoms with van der Waals surface area (Å²) in [6.45, 7) is 1.38. The van der Waals surface area contributed by atoms with E-state index in [-0.39, 0.29) is 12.2 Å². The minimum Gasteiger partial charge on any atom is -0.370 e. The van der Waals surface area contributed by atoms with Gasteiger partial charge in [0.1, 0.15) is 12.1 Å². The number of Topliss-reactive ketones (excluding diaryl/α,β-unsaturated/α-hetero) is 1. The molecule has 2 unspecified atom stereocenters. The highest BCUT2D eigenvalue weighted by molar-refractivity contribution is 8.00. The average molecular weight is 218 g/mol. The van der Waals surface area contributed by atoms with Crippen molar-refractivity contribution in [3.8, 4) is 0 Å². The van der Waals surface area contributed by atoms with Crippen LogP contribution in [0.5, 0.6) is 0 Å². The molecule has 0 heterocycles. The molecule has 0 saturated heterocycles. The maximum absolute atomic E-state index is 10.7. The van der Waals surface area contributed by atoms with Crippen molar-refractivity contribution in [2.24, 2.45) is 11.5 Å². The van der Waals surface area contributed by atoms with Gasteiger partial charge in [0.25, 0.3) is 0 Å². The van der Waals surface area contributed by atoms with Gasteiger partial charge in [-0.15, -0.1) is 11.8 Å². The van der Waals surface area contributed by atoms with E-state index >= 15 is 0 Å². The van der Waals surface area contributed by atoms with Crippen LogP contribution in [0.25, 0.3) is 0 Å². The molecule has 0 aromatic heterocycles. The number of primary amides is 1. The summed E-state index contributed by atoms with van der Waals surface area (Å²) in [5.74, 6) is -0.348. The zero-order chi connectivity index (χ0) is 11.1. The molecule has 1 amide bonds. The summed E-state index contributed by atoms with van der Waals surface area (Å²) < 4.78 is 0. The van der Waals surface area contributed by atoms with Gasteiger partial charge in [0.05, 0.1) is 11.3 Å². The first-order valence-corrected chi connectivity index (χ1v) is 5.13. The lowest BCUT2D eigenvalue weighted by atomic mass is 10.3. The highest BCUT2D eigenvalue weighted by Gasteiger charge is 2.15. The van der Waals surface area contributed by atoms with Gasteiger partial charge < -0.3 is 16.3 Å². The standard InChI is InChI=1S/C8H14N2O3S/c1-5(12)7(9)4-14-6(3-11)2-8(10)13/h3,6-7H,2,4,9H2,1H3,(H2,10,13). The van der Waals surface area contributed by atoms with Crippen LogP contribution in [-0.4, -0.2) is 35.0 Å². The first-order chi connectivity index (χ1) is 6.47. The second-order valence-electron chi connectivity index (χ2n) is 2.90. The van der Waals surface area contributed by atoms with Crippen LogP contribution >= 0.6 is 11.8 Å². The number of aldehydes is 1. The summed E-state index contributed by atoms with van der Waals surface area (Å²) in [6.07, 6.45) is 0.626. The fraction of sp³-hybridized carbons (Fsp3) is 0.625. The molecule has 0 rings (SSSR count). The molecule has 5 nitrogen and oxygen atoms in total. The second-order valence-corrected chi connectivity index (χ2v) is 4.17. The Morgan fingerprint density at radius 1 is 1.50 bits per heavy atom. The molecule has 0 fully saturated rings. The largest absolute Gasteiger partial charge is 0.370 e. The average Bonchev–Trinajstić information content (AvgIpc) is 2.10. The van der Waals surface area contributed by atoms with Crippen LogP contribution in [0.2, 0.25) is 0 Å². The predicted octanol–water partition coefficient (Wildman–Crippen LogP) is -0.921. The van der Waals surface area contributed by atoms with E-state index in [0.29, 0.717) is 12.0 Å². The third-order valence-electron chi connectivity index (χ3n) is 1.57. The molecule has 14 heavy (non-hydrogen) atoms. The summed E-state index contributed by atoms with van der Waals surface area (Å²) in [5.41, 5.74) is 10.4. The fourth-order valence-corrected chi connectivity index (χ4v) is 1.74.